The second-order valence-corrected chi connectivity index (χ2v) is 4.23. The van der Waals surface area contributed by atoms with Crippen molar-refractivity contribution in [2.24, 2.45) is 5.11 Å². The molecule has 0 heterocycles. The molecule has 1 aromatic rings. The standard InChI is InChI=1S/C10H11BrN4O/c1-6-3-7(2)10(8(11)4-6)14-9(16)5-13-15-12/h3-4H,5H2,1-2H3,(H,14,16). The van der Waals surface area contributed by atoms with Gasteiger partial charge < -0.3 is 5.32 Å². The summed E-state index contributed by atoms with van der Waals surface area (Å²) in [6.45, 7) is 3.68. The zero-order chi connectivity index (χ0) is 12.1. The molecule has 0 saturated carbocycles. The molecule has 1 aromatic carbocycles. The first-order valence-corrected chi connectivity index (χ1v) is 5.41. The Morgan fingerprint density at radius 1 is 1.56 bits per heavy atom. The van der Waals surface area contributed by atoms with Crippen LogP contribution in [0.4, 0.5) is 5.69 Å². The first-order valence-electron chi connectivity index (χ1n) is 4.62. The van der Waals surface area contributed by atoms with Crippen LogP contribution in [0.3, 0.4) is 0 Å². The third kappa shape index (κ3) is 3.25. The van der Waals surface area contributed by atoms with Gasteiger partial charge in [0, 0.05) is 9.38 Å². The molecule has 0 spiro atoms. The molecular weight excluding hydrogens is 272 g/mol. The van der Waals surface area contributed by atoms with Crippen molar-refractivity contribution in [2.75, 3.05) is 11.9 Å². The lowest BCUT2D eigenvalue weighted by Gasteiger charge is -2.10. The van der Waals surface area contributed by atoms with Gasteiger partial charge in [-0.15, -0.1) is 0 Å². The normalized spacial score (nSPS) is 9.44. The molecule has 0 aliphatic heterocycles. The number of nitrogens with zero attached hydrogens (tertiary/aromatic N) is 3. The maximum absolute atomic E-state index is 11.4. The Morgan fingerprint density at radius 3 is 2.81 bits per heavy atom. The van der Waals surface area contributed by atoms with Crippen LogP contribution in [0, 0.1) is 13.8 Å². The van der Waals surface area contributed by atoms with Gasteiger partial charge in [0.1, 0.15) is 6.54 Å². The smallest absolute Gasteiger partial charge is 0.230 e. The summed E-state index contributed by atoms with van der Waals surface area (Å²) in [6.07, 6.45) is 0. The monoisotopic (exact) mass is 282 g/mol. The van der Waals surface area contributed by atoms with E-state index in [2.05, 4.69) is 31.3 Å². The van der Waals surface area contributed by atoms with Gasteiger partial charge in [-0.2, -0.15) is 0 Å². The summed E-state index contributed by atoms with van der Waals surface area (Å²) in [5, 5.41) is 5.89. The molecule has 16 heavy (non-hydrogen) atoms. The summed E-state index contributed by atoms with van der Waals surface area (Å²) in [6, 6.07) is 3.88. The number of carbonyl (C=O) groups excluding carboxylic acids is 1. The van der Waals surface area contributed by atoms with E-state index in [1.165, 1.54) is 0 Å². The number of aryl methyl sites for hydroxylation is 2. The van der Waals surface area contributed by atoms with Crippen LogP contribution in [0.1, 0.15) is 11.1 Å². The van der Waals surface area contributed by atoms with Crippen LogP contribution in [0.25, 0.3) is 10.4 Å². The summed E-state index contributed by atoms with van der Waals surface area (Å²) >= 11 is 3.38. The third-order valence-corrected chi connectivity index (χ3v) is 2.60. The molecule has 1 amide bonds. The summed E-state index contributed by atoms with van der Waals surface area (Å²) in [4.78, 5) is 13.9. The largest absolute Gasteiger partial charge is 0.325 e. The average molecular weight is 283 g/mol. The Kier molecular flexibility index (Phi) is 4.34. The highest BCUT2D eigenvalue weighted by molar-refractivity contribution is 9.10. The Hall–Kier alpha value is -1.52. The Bertz CT molecular complexity index is 443. The Labute approximate surface area is 102 Å². The summed E-state index contributed by atoms with van der Waals surface area (Å²) in [5.74, 6) is -0.328. The summed E-state index contributed by atoms with van der Waals surface area (Å²) in [5.41, 5.74) is 10.9. The zero-order valence-corrected chi connectivity index (χ0v) is 10.6. The minimum absolute atomic E-state index is 0.198. The van der Waals surface area contributed by atoms with Crippen molar-refractivity contribution >= 4 is 27.5 Å². The van der Waals surface area contributed by atoms with Crippen LogP contribution >= 0.6 is 15.9 Å². The average Bonchev–Trinajstić information content (AvgIpc) is 2.20. The van der Waals surface area contributed by atoms with Gasteiger partial charge in [0.2, 0.25) is 5.91 Å². The van der Waals surface area contributed by atoms with Crippen LogP contribution in [-0.2, 0) is 4.79 Å². The molecule has 0 radical (unpaired) electrons. The SMILES string of the molecule is Cc1cc(C)c(NC(=O)CN=[N+]=[N-])c(Br)c1. The second-order valence-electron chi connectivity index (χ2n) is 3.38. The highest BCUT2D eigenvalue weighted by Gasteiger charge is 2.08. The molecular formula is C10H11BrN4O. The number of hydrogen-bond acceptors (Lipinski definition) is 2. The number of hydrogen-bond donors (Lipinski definition) is 1. The van der Waals surface area contributed by atoms with E-state index in [1.54, 1.807) is 0 Å². The third-order valence-electron chi connectivity index (χ3n) is 1.97. The molecule has 5 nitrogen and oxygen atoms in total. The van der Waals surface area contributed by atoms with Crippen molar-refractivity contribution in [1.29, 1.82) is 0 Å². The van der Waals surface area contributed by atoms with Gasteiger partial charge in [-0.05, 0) is 52.5 Å². The van der Waals surface area contributed by atoms with E-state index in [0.29, 0.717) is 5.69 Å². The Balaban J connectivity index is 2.89. The van der Waals surface area contributed by atoms with E-state index in [0.717, 1.165) is 15.6 Å². The van der Waals surface area contributed by atoms with Crippen molar-refractivity contribution in [2.45, 2.75) is 13.8 Å². The fraction of sp³-hybridized carbons (Fsp3) is 0.300. The molecule has 0 fully saturated rings. The number of amides is 1. The molecule has 6 heteroatoms. The van der Waals surface area contributed by atoms with Gasteiger partial charge in [-0.25, -0.2) is 0 Å². The second kappa shape index (κ2) is 5.53. The zero-order valence-electron chi connectivity index (χ0n) is 8.99. The molecule has 0 aliphatic rings. The van der Waals surface area contributed by atoms with Gasteiger partial charge in [0.15, 0.2) is 0 Å². The van der Waals surface area contributed by atoms with Crippen molar-refractivity contribution in [1.82, 2.24) is 0 Å². The minimum Gasteiger partial charge on any atom is -0.325 e. The topological polar surface area (TPSA) is 77.9 Å². The number of halogens is 1. The quantitative estimate of drug-likeness (QED) is 0.515. The van der Waals surface area contributed by atoms with Crippen molar-refractivity contribution in [3.05, 3.63) is 38.2 Å². The molecule has 0 aliphatic carbocycles. The van der Waals surface area contributed by atoms with Gasteiger partial charge in [0.05, 0.1) is 5.69 Å². The lowest BCUT2D eigenvalue weighted by molar-refractivity contribution is -0.114. The predicted octanol–water partition coefficient (Wildman–Crippen LogP) is 3.31. The molecule has 0 saturated heterocycles. The lowest BCUT2D eigenvalue weighted by Crippen LogP contribution is -2.15. The lowest BCUT2D eigenvalue weighted by atomic mass is 10.1. The first kappa shape index (κ1) is 12.5. The van der Waals surface area contributed by atoms with Crippen molar-refractivity contribution in [3.8, 4) is 0 Å². The van der Waals surface area contributed by atoms with Crippen LogP contribution in [0.15, 0.2) is 21.7 Å². The number of carbonyl (C=O) groups is 1. The minimum atomic E-state index is -0.328. The van der Waals surface area contributed by atoms with E-state index in [4.69, 9.17) is 5.53 Å². The number of nitrogens with one attached hydrogen (secondary N) is 1. The molecule has 84 valence electrons. The van der Waals surface area contributed by atoms with Crippen LogP contribution in [0.2, 0.25) is 0 Å². The fourth-order valence-corrected chi connectivity index (χ4v) is 2.12. The van der Waals surface area contributed by atoms with Crippen LogP contribution in [-0.4, -0.2) is 12.5 Å². The van der Waals surface area contributed by atoms with Crippen LogP contribution < -0.4 is 5.32 Å². The van der Waals surface area contributed by atoms with Crippen molar-refractivity contribution < 1.29 is 4.79 Å². The van der Waals surface area contributed by atoms with Gasteiger partial charge >= 0.3 is 0 Å². The molecule has 1 N–H and O–H groups in total. The van der Waals surface area contributed by atoms with Gasteiger partial charge in [-0.3, -0.25) is 4.79 Å². The van der Waals surface area contributed by atoms with E-state index < -0.39 is 0 Å². The number of benzene rings is 1. The number of azide groups is 1. The van der Waals surface area contributed by atoms with E-state index in [1.807, 2.05) is 26.0 Å². The van der Waals surface area contributed by atoms with Crippen LogP contribution in [0.5, 0.6) is 0 Å². The summed E-state index contributed by atoms with van der Waals surface area (Å²) < 4.78 is 0.819. The highest BCUT2D eigenvalue weighted by atomic mass is 79.9. The van der Waals surface area contributed by atoms with E-state index in [-0.39, 0.29) is 12.5 Å². The number of anilines is 1. The van der Waals surface area contributed by atoms with Crippen molar-refractivity contribution in [3.63, 3.8) is 0 Å². The van der Waals surface area contributed by atoms with Gasteiger partial charge in [0.25, 0.3) is 0 Å². The fourth-order valence-electron chi connectivity index (χ4n) is 1.35. The maximum Gasteiger partial charge on any atom is 0.230 e. The molecule has 0 unspecified atom stereocenters. The van der Waals surface area contributed by atoms with E-state index in [9.17, 15) is 4.79 Å². The highest BCUT2D eigenvalue weighted by Crippen LogP contribution is 2.27. The molecule has 0 aromatic heterocycles. The molecule has 1 rings (SSSR count). The first-order chi connectivity index (χ1) is 7.54. The Morgan fingerprint density at radius 2 is 2.25 bits per heavy atom. The van der Waals surface area contributed by atoms with E-state index >= 15 is 0 Å². The number of rotatable bonds is 3. The predicted molar refractivity (Wildman–Crippen MR) is 66.3 cm³/mol. The maximum atomic E-state index is 11.4. The molecule has 0 bridgehead atoms. The summed E-state index contributed by atoms with van der Waals surface area (Å²) in [7, 11) is 0. The van der Waals surface area contributed by atoms with Gasteiger partial charge in [-0.1, -0.05) is 11.2 Å². The molecule has 0 atom stereocenters.